The quantitative estimate of drug-likeness (QED) is 0.168. The van der Waals surface area contributed by atoms with E-state index in [2.05, 4.69) is 22.9 Å². The highest BCUT2D eigenvalue weighted by Crippen LogP contribution is 2.53. The summed E-state index contributed by atoms with van der Waals surface area (Å²) in [4.78, 5) is 61.2. The van der Waals surface area contributed by atoms with Gasteiger partial charge in [0.25, 0.3) is 5.91 Å². The van der Waals surface area contributed by atoms with Crippen LogP contribution in [0.2, 0.25) is 0 Å². The molecular formula is C46H60N4O8. The number of hydrogen-bond acceptors (Lipinski definition) is 11. The molecule has 5 aliphatic heterocycles. The number of aliphatic imine (C=N–C) groups is 1. The van der Waals surface area contributed by atoms with Gasteiger partial charge in [-0.2, -0.15) is 0 Å². The van der Waals surface area contributed by atoms with Crippen LogP contribution in [0, 0.1) is 48.3 Å². The number of carbonyl (C=O) groups excluding carboxylic acids is 4. The Labute approximate surface area is 341 Å². The van der Waals surface area contributed by atoms with Crippen molar-refractivity contribution in [3.8, 4) is 11.5 Å². The molecule has 1 saturated heterocycles. The minimum Gasteiger partial charge on any atom is -0.507 e. The predicted molar refractivity (Wildman–Crippen MR) is 220 cm³/mol. The number of ketones is 2. The van der Waals surface area contributed by atoms with Gasteiger partial charge in [-0.05, 0) is 76.7 Å². The van der Waals surface area contributed by atoms with E-state index in [1.54, 1.807) is 32.9 Å². The summed E-state index contributed by atoms with van der Waals surface area (Å²) in [6.45, 7) is 18.1. The molecule has 2 aliphatic carbocycles. The lowest BCUT2D eigenvalue weighted by atomic mass is 9.66. The summed E-state index contributed by atoms with van der Waals surface area (Å²) in [7, 11) is 0. The number of carbonyl (C=O) groups is 4. The summed E-state index contributed by atoms with van der Waals surface area (Å²) in [5.41, 5.74) is -0.534. The van der Waals surface area contributed by atoms with Gasteiger partial charge in [-0.1, -0.05) is 65.0 Å². The zero-order chi connectivity index (χ0) is 42.0. The minimum absolute atomic E-state index is 0.0180. The average molecular weight is 797 g/mol. The summed E-state index contributed by atoms with van der Waals surface area (Å²) >= 11 is 0. The number of nitrogens with zero attached hydrogens (tertiary/aromatic N) is 1. The van der Waals surface area contributed by atoms with E-state index >= 15 is 0 Å². The number of Topliss-reactive ketones (excluding diaryl/α,β-unsaturated/α-hetero) is 2. The van der Waals surface area contributed by atoms with E-state index in [0.717, 1.165) is 19.4 Å². The molecule has 1 spiro atoms. The number of phenolic OH excluding ortho intramolecular Hbond substituents is 1. The highest BCUT2D eigenvalue weighted by atomic mass is 16.5. The second-order valence-corrected chi connectivity index (χ2v) is 18.4. The number of piperidine rings is 1. The lowest BCUT2D eigenvalue weighted by Crippen LogP contribution is -2.61. The van der Waals surface area contributed by atoms with E-state index in [1.807, 2.05) is 45.9 Å². The number of aliphatic hydroxyl groups excluding tert-OH is 1. The standard InChI is InChI=1S/C46H60N4O8/c1-22-13-12-15-24(3)44(56)48-37-36-35(49-46(50-36)26(5)18-30-19-31(46)21-47-20-30)32-33(40(37)54)39(53)28(7)42-34(32)43(55)45(9,58-42)16-11-10-14-23(2)41(57-29(8)51)27(6)38(52)25(4)17-22/h10-13,15,22-23,25-27,30-31,38,41,47,50,52-53H,14,16-21H2,1-9H3,(H,48,56)/b11-10+,13-12+,24-15-/t22-,23+,25+,26?,27+,30?,31?,38+,41+,45+,46-/m0/s1. The molecule has 1 saturated carbocycles. The molecule has 7 bridgehead atoms. The van der Waals surface area contributed by atoms with Gasteiger partial charge in [0, 0.05) is 54.3 Å². The van der Waals surface area contributed by atoms with Crippen LogP contribution >= 0.6 is 0 Å². The highest BCUT2D eigenvalue weighted by molar-refractivity contribution is 6.34. The van der Waals surface area contributed by atoms with Gasteiger partial charge >= 0.3 is 5.97 Å². The van der Waals surface area contributed by atoms with Crippen LogP contribution in [0.25, 0.3) is 0 Å². The molecule has 5 N–H and O–H groups in total. The van der Waals surface area contributed by atoms with Crippen LogP contribution in [0.4, 0.5) is 0 Å². The Kier molecular flexibility index (Phi) is 11.2. The highest BCUT2D eigenvalue weighted by Gasteiger charge is 2.57. The second-order valence-electron chi connectivity index (χ2n) is 18.4. The van der Waals surface area contributed by atoms with Crippen molar-refractivity contribution in [3.05, 3.63) is 69.6 Å². The number of allylic oxidation sites excluding steroid dienone is 6. The second kappa shape index (κ2) is 15.6. The summed E-state index contributed by atoms with van der Waals surface area (Å²) in [5, 5.41) is 33.5. The number of amides is 1. The van der Waals surface area contributed by atoms with E-state index in [-0.39, 0.29) is 87.2 Å². The van der Waals surface area contributed by atoms with E-state index in [4.69, 9.17) is 14.5 Å². The van der Waals surface area contributed by atoms with Gasteiger partial charge < -0.3 is 35.6 Å². The number of fused-ring (bicyclic) bond motifs is 16. The number of nitrogens with one attached hydrogen (secondary N) is 3. The Morgan fingerprint density at radius 1 is 0.966 bits per heavy atom. The Morgan fingerprint density at radius 3 is 2.43 bits per heavy atom. The monoisotopic (exact) mass is 796 g/mol. The van der Waals surface area contributed by atoms with Gasteiger partial charge in [-0.25, -0.2) is 0 Å². The van der Waals surface area contributed by atoms with E-state index in [0.29, 0.717) is 42.3 Å². The molecule has 12 heteroatoms. The predicted octanol–water partition coefficient (Wildman–Crippen LogP) is 5.99. The summed E-state index contributed by atoms with van der Waals surface area (Å²) < 4.78 is 12.3. The molecule has 0 radical (unpaired) electrons. The number of hydrogen-bond donors (Lipinski definition) is 5. The summed E-state index contributed by atoms with van der Waals surface area (Å²) in [5.74, 6) is -1.94. The number of benzene rings is 1. The maximum absolute atomic E-state index is 14.8. The van der Waals surface area contributed by atoms with Crippen molar-refractivity contribution in [2.45, 2.75) is 118 Å². The van der Waals surface area contributed by atoms with Crippen LogP contribution < -0.4 is 20.7 Å². The first kappa shape index (κ1) is 41.6. The largest absolute Gasteiger partial charge is 0.507 e. The molecule has 1 aromatic carbocycles. The first-order valence-electron chi connectivity index (χ1n) is 21.1. The fourth-order valence-corrected chi connectivity index (χ4v) is 10.5. The third-order valence-corrected chi connectivity index (χ3v) is 13.8. The third kappa shape index (κ3) is 7.03. The van der Waals surface area contributed by atoms with Gasteiger partial charge in [0.15, 0.2) is 5.60 Å². The van der Waals surface area contributed by atoms with Crippen LogP contribution in [0.5, 0.6) is 11.5 Å². The molecule has 1 amide bonds. The molecule has 12 nitrogen and oxygen atoms in total. The molecule has 8 rings (SSSR count). The Bertz CT molecular complexity index is 2080. The molecule has 3 unspecified atom stereocenters. The van der Waals surface area contributed by atoms with Crippen molar-refractivity contribution >= 4 is 29.2 Å². The van der Waals surface area contributed by atoms with Crippen LogP contribution in [-0.4, -0.2) is 75.9 Å². The van der Waals surface area contributed by atoms with Crippen molar-refractivity contribution in [1.82, 2.24) is 16.0 Å². The number of phenols is 1. The molecule has 312 valence electrons. The fraction of sp³-hybridized carbons (Fsp3) is 0.587. The molecule has 7 aliphatic rings. The van der Waals surface area contributed by atoms with E-state index in [9.17, 15) is 29.4 Å². The first-order chi connectivity index (χ1) is 27.4. The van der Waals surface area contributed by atoms with Crippen molar-refractivity contribution in [3.63, 3.8) is 0 Å². The molecule has 11 atom stereocenters. The van der Waals surface area contributed by atoms with Crippen molar-refractivity contribution in [2.75, 3.05) is 13.1 Å². The van der Waals surface area contributed by atoms with Crippen LogP contribution in [0.3, 0.4) is 0 Å². The first-order valence-corrected chi connectivity index (χ1v) is 21.1. The number of ether oxygens (including phenoxy) is 2. The van der Waals surface area contributed by atoms with Gasteiger partial charge in [0.1, 0.15) is 29.0 Å². The van der Waals surface area contributed by atoms with Crippen LogP contribution in [-0.2, 0) is 14.3 Å². The number of aromatic hydroxyl groups is 1. The molecule has 0 aromatic heterocycles. The van der Waals surface area contributed by atoms with Gasteiger partial charge in [-0.15, -0.1) is 0 Å². The van der Waals surface area contributed by atoms with Crippen molar-refractivity contribution in [2.24, 2.45) is 46.4 Å². The van der Waals surface area contributed by atoms with Gasteiger partial charge in [0.2, 0.25) is 11.6 Å². The van der Waals surface area contributed by atoms with Gasteiger partial charge in [0.05, 0.1) is 28.6 Å². The zero-order valence-electron chi connectivity index (χ0n) is 35.3. The lowest BCUT2D eigenvalue weighted by molar-refractivity contribution is -0.156. The normalized spacial score (nSPS) is 38.5. The number of esters is 1. The Hall–Kier alpha value is -4.55. The lowest BCUT2D eigenvalue weighted by Gasteiger charge is -2.50. The third-order valence-electron chi connectivity index (χ3n) is 13.8. The molecule has 5 heterocycles. The molecule has 2 fully saturated rings. The fourth-order valence-electron chi connectivity index (χ4n) is 10.5. The Morgan fingerprint density at radius 2 is 1.71 bits per heavy atom. The summed E-state index contributed by atoms with van der Waals surface area (Å²) in [6, 6.07) is 0. The van der Waals surface area contributed by atoms with E-state index < -0.39 is 41.1 Å². The Balaban J connectivity index is 1.36. The average Bonchev–Trinajstić information content (AvgIpc) is 3.70. The summed E-state index contributed by atoms with van der Waals surface area (Å²) in [6.07, 6.45) is 11.2. The maximum atomic E-state index is 14.8. The minimum atomic E-state index is -1.37. The zero-order valence-corrected chi connectivity index (χ0v) is 35.3. The van der Waals surface area contributed by atoms with Gasteiger partial charge in [-0.3, -0.25) is 24.2 Å². The number of aliphatic hydroxyl groups is 1. The smallest absolute Gasteiger partial charge is 0.302 e. The molecular weight excluding hydrogens is 737 g/mol. The maximum Gasteiger partial charge on any atom is 0.302 e. The van der Waals surface area contributed by atoms with E-state index in [1.165, 1.54) is 6.92 Å². The topological polar surface area (TPSA) is 176 Å². The molecule has 1 aromatic rings. The molecule has 58 heavy (non-hydrogen) atoms. The van der Waals surface area contributed by atoms with Crippen molar-refractivity contribution < 1.29 is 38.9 Å². The SMILES string of the molecule is CC(=O)O[C@H]1[C@H](C)[C@H](O)[C@H](C)C[C@@H](C)/C=C/C=C(/C)C(=O)NC2=C3N[C@@]4(N=C3c3c(c(O)c(C)c5c3C(=O)[C@@](C)(C/C=C/C[C@H]1C)O5)C2=O)C(C)CC1CNCC4C1. The van der Waals surface area contributed by atoms with Crippen LogP contribution in [0.1, 0.15) is 119 Å². The van der Waals surface area contributed by atoms with Crippen LogP contribution in [0.15, 0.2) is 52.3 Å². The number of rotatable bonds is 1. The van der Waals surface area contributed by atoms with Crippen molar-refractivity contribution in [1.29, 1.82) is 0 Å².